The van der Waals surface area contributed by atoms with E-state index in [1.165, 1.54) is 0 Å². The van der Waals surface area contributed by atoms with Crippen LogP contribution in [0.5, 0.6) is 0 Å². The van der Waals surface area contributed by atoms with Gasteiger partial charge in [0.25, 0.3) is 0 Å². The molecule has 0 aliphatic heterocycles. The second kappa shape index (κ2) is 7.98. The fraction of sp³-hybridized carbons (Fsp3) is 0.462. The van der Waals surface area contributed by atoms with Crippen LogP contribution < -0.4 is 10.6 Å². The number of rotatable bonds is 6. The third kappa shape index (κ3) is 5.21. The van der Waals surface area contributed by atoms with Gasteiger partial charge in [0.05, 0.1) is 22.3 Å². The molecular weight excluding hydrogens is 351 g/mol. The summed E-state index contributed by atoms with van der Waals surface area (Å²) < 4.78 is 0.728. The number of anilines is 1. The first kappa shape index (κ1) is 16.6. The molecule has 0 radical (unpaired) electrons. The quantitative estimate of drug-likeness (QED) is 0.728. The highest BCUT2D eigenvalue weighted by Gasteiger charge is 2.10. The van der Waals surface area contributed by atoms with Crippen LogP contribution in [0, 0.1) is 0 Å². The van der Waals surface area contributed by atoms with Crippen molar-refractivity contribution in [1.29, 1.82) is 0 Å². The largest absolute Gasteiger partial charge is 0.375 e. The van der Waals surface area contributed by atoms with Gasteiger partial charge in [0.15, 0.2) is 0 Å². The Kier molecular flexibility index (Phi) is 6.97. The molecule has 2 N–H and O–H groups in total. The molecule has 3 nitrogen and oxygen atoms in total. The number of carbonyl (C=O) groups excluding carboxylic acids is 1. The number of nitrogens with one attached hydrogen (secondary N) is 2. The van der Waals surface area contributed by atoms with E-state index in [9.17, 15) is 4.79 Å². The maximum Gasteiger partial charge on any atom is 0.239 e. The monoisotopic (exact) mass is 366 g/mol. The fourth-order valence-corrected chi connectivity index (χ4v) is 2.51. The Bertz CT molecular complexity index is 455. The van der Waals surface area contributed by atoms with Crippen LogP contribution in [-0.4, -0.2) is 18.5 Å². The van der Waals surface area contributed by atoms with Crippen molar-refractivity contribution in [3.8, 4) is 0 Å². The molecule has 1 unspecified atom stereocenters. The van der Waals surface area contributed by atoms with Crippen LogP contribution >= 0.6 is 39.1 Å². The summed E-state index contributed by atoms with van der Waals surface area (Å²) >= 11 is 15.4. The molecule has 106 valence electrons. The van der Waals surface area contributed by atoms with Gasteiger partial charge in [-0.15, -0.1) is 0 Å². The number of halogens is 3. The van der Waals surface area contributed by atoms with E-state index in [-0.39, 0.29) is 18.5 Å². The summed E-state index contributed by atoms with van der Waals surface area (Å²) in [6.07, 6.45) is 2.01. The number of benzene rings is 1. The van der Waals surface area contributed by atoms with Crippen molar-refractivity contribution < 1.29 is 4.79 Å². The van der Waals surface area contributed by atoms with Crippen LogP contribution in [0.4, 0.5) is 5.69 Å². The molecule has 0 heterocycles. The van der Waals surface area contributed by atoms with E-state index in [0.29, 0.717) is 15.7 Å². The first-order valence-corrected chi connectivity index (χ1v) is 7.67. The molecule has 1 aromatic rings. The highest BCUT2D eigenvalue weighted by molar-refractivity contribution is 9.10. The second-order valence-corrected chi connectivity index (χ2v) is 5.94. The van der Waals surface area contributed by atoms with E-state index in [2.05, 4.69) is 33.5 Å². The van der Waals surface area contributed by atoms with Crippen LogP contribution in [0.15, 0.2) is 16.6 Å². The molecule has 0 aliphatic carbocycles. The Morgan fingerprint density at radius 1 is 1.37 bits per heavy atom. The molecular formula is C13H17BrCl2N2O. The Balaban J connectivity index is 2.53. The molecule has 6 heteroatoms. The third-order valence-corrected chi connectivity index (χ3v) is 4.37. The topological polar surface area (TPSA) is 41.1 Å². The highest BCUT2D eigenvalue weighted by Crippen LogP contribution is 2.35. The first-order valence-electron chi connectivity index (χ1n) is 6.12. The lowest BCUT2D eigenvalue weighted by atomic mass is 10.2. The predicted octanol–water partition coefficient (Wildman–Crippen LogP) is 4.47. The fourth-order valence-electron chi connectivity index (χ4n) is 1.67. The minimum atomic E-state index is -0.0592. The van der Waals surface area contributed by atoms with Crippen LogP contribution in [0.1, 0.15) is 26.7 Å². The number of hydrogen-bond acceptors (Lipinski definition) is 2. The summed E-state index contributed by atoms with van der Waals surface area (Å²) in [5.41, 5.74) is 0.646. The van der Waals surface area contributed by atoms with Gasteiger partial charge in [-0.1, -0.05) is 36.5 Å². The second-order valence-electron chi connectivity index (χ2n) is 4.33. The van der Waals surface area contributed by atoms with Crippen LogP contribution in [-0.2, 0) is 4.79 Å². The zero-order chi connectivity index (χ0) is 14.4. The molecule has 0 bridgehead atoms. The Labute approximate surface area is 132 Å². The predicted molar refractivity (Wildman–Crippen MR) is 85.2 cm³/mol. The number of hydrogen-bond donors (Lipinski definition) is 2. The third-order valence-electron chi connectivity index (χ3n) is 2.60. The molecule has 0 spiro atoms. The van der Waals surface area contributed by atoms with Crippen LogP contribution in [0.3, 0.4) is 0 Å². The van der Waals surface area contributed by atoms with E-state index < -0.39 is 0 Å². The van der Waals surface area contributed by atoms with E-state index in [1.807, 2.05) is 6.92 Å². The van der Waals surface area contributed by atoms with Gasteiger partial charge in [-0.05, 0) is 41.4 Å². The molecule has 0 aliphatic rings. The molecule has 1 aromatic carbocycles. The normalized spacial score (nSPS) is 12.1. The lowest BCUT2D eigenvalue weighted by Gasteiger charge is -2.14. The Hall–Kier alpha value is -0.450. The molecule has 0 saturated heterocycles. The molecule has 1 rings (SSSR count). The SMILES string of the molecule is CCCC(C)NC(=O)CNc1ccc(Br)c(Cl)c1Cl. The number of amides is 1. The number of carbonyl (C=O) groups is 1. The Morgan fingerprint density at radius 2 is 2.05 bits per heavy atom. The molecule has 0 fully saturated rings. The Morgan fingerprint density at radius 3 is 2.68 bits per heavy atom. The summed E-state index contributed by atoms with van der Waals surface area (Å²) in [5.74, 6) is -0.0592. The van der Waals surface area contributed by atoms with Crippen LogP contribution in [0.2, 0.25) is 10.0 Å². The molecule has 0 saturated carbocycles. The maximum absolute atomic E-state index is 11.7. The van der Waals surface area contributed by atoms with Crippen molar-refractivity contribution in [2.75, 3.05) is 11.9 Å². The smallest absolute Gasteiger partial charge is 0.239 e. The van der Waals surface area contributed by atoms with Crippen molar-refractivity contribution in [1.82, 2.24) is 5.32 Å². The summed E-state index contributed by atoms with van der Waals surface area (Å²) in [4.78, 5) is 11.7. The maximum atomic E-state index is 11.7. The lowest BCUT2D eigenvalue weighted by molar-refractivity contribution is -0.120. The summed E-state index contributed by atoms with van der Waals surface area (Å²) in [6, 6.07) is 3.75. The van der Waals surface area contributed by atoms with Crippen molar-refractivity contribution in [3.63, 3.8) is 0 Å². The van der Waals surface area contributed by atoms with Gasteiger partial charge in [-0.25, -0.2) is 0 Å². The van der Waals surface area contributed by atoms with Gasteiger partial charge in [0.1, 0.15) is 0 Å². The van der Waals surface area contributed by atoms with E-state index in [1.54, 1.807) is 12.1 Å². The average Bonchev–Trinajstić information content (AvgIpc) is 2.35. The first-order chi connectivity index (χ1) is 8.95. The molecule has 1 amide bonds. The van der Waals surface area contributed by atoms with Gasteiger partial charge in [-0.2, -0.15) is 0 Å². The minimum absolute atomic E-state index is 0.0592. The lowest BCUT2D eigenvalue weighted by Crippen LogP contribution is -2.36. The van der Waals surface area contributed by atoms with Gasteiger partial charge >= 0.3 is 0 Å². The van der Waals surface area contributed by atoms with Gasteiger partial charge in [0, 0.05) is 10.5 Å². The average molecular weight is 368 g/mol. The van der Waals surface area contributed by atoms with Crippen molar-refractivity contribution >= 4 is 50.7 Å². The van der Waals surface area contributed by atoms with E-state index in [4.69, 9.17) is 23.2 Å². The summed E-state index contributed by atoms with van der Waals surface area (Å²) in [7, 11) is 0. The van der Waals surface area contributed by atoms with Crippen molar-refractivity contribution in [3.05, 3.63) is 26.7 Å². The minimum Gasteiger partial charge on any atom is -0.375 e. The summed E-state index contributed by atoms with van der Waals surface area (Å²) in [5, 5.41) is 6.73. The standard InChI is InChI=1S/C13H17BrCl2N2O/c1-3-4-8(2)18-11(19)7-17-10-6-5-9(14)12(15)13(10)16/h5-6,8,17H,3-4,7H2,1-2H3,(H,18,19). The van der Waals surface area contributed by atoms with Gasteiger partial charge < -0.3 is 10.6 Å². The van der Waals surface area contributed by atoms with Crippen molar-refractivity contribution in [2.24, 2.45) is 0 Å². The zero-order valence-electron chi connectivity index (χ0n) is 10.9. The van der Waals surface area contributed by atoms with E-state index >= 15 is 0 Å². The molecule has 0 aromatic heterocycles. The van der Waals surface area contributed by atoms with Gasteiger partial charge in [-0.3, -0.25) is 4.79 Å². The van der Waals surface area contributed by atoms with Gasteiger partial charge in [0.2, 0.25) is 5.91 Å². The zero-order valence-corrected chi connectivity index (χ0v) is 14.0. The molecule has 19 heavy (non-hydrogen) atoms. The highest BCUT2D eigenvalue weighted by atomic mass is 79.9. The summed E-state index contributed by atoms with van der Waals surface area (Å²) in [6.45, 7) is 4.25. The molecule has 1 atom stereocenters. The van der Waals surface area contributed by atoms with Crippen LogP contribution in [0.25, 0.3) is 0 Å². The van der Waals surface area contributed by atoms with Crippen molar-refractivity contribution in [2.45, 2.75) is 32.7 Å². The van der Waals surface area contributed by atoms with E-state index in [0.717, 1.165) is 17.3 Å².